The third-order valence-electron chi connectivity index (χ3n) is 8.01. The highest BCUT2D eigenvalue weighted by atomic mass is 35.5. The molecule has 1 saturated heterocycles. The molecule has 2 aromatic heterocycles. The summed E-state index contributed by atoms with van der Waals surface area (Å²) in [6.45, 7) is 1.58. The molecule has 0 spiro atoms. The van der Waals surface area contributed by atoms with E-state index in [0.717, 1.165) is 30.4 Å². The van der Waals surface area contributed by atoms with E-state index in [2.05, 4.69) is 20.4 Å². The molecule has 10 nitrogen and oxygen atoms in total. The van der Waals surface area contributed by atoms with Gasteiger partial charge in [-0.1, -0.05) is 29.8 Å². The van der Waals surface area contributed by atoms with E-state index in [0.29, 0.717) is 16.7 Å². The van der Waals surface area contributed by atoms with Gasteiger partial charge in [-0.2, -0.15) is 5.10 Å². The van der Waals surface area contributed by atoms with E-state index in [1.165, 1.54) is 10.7 Å². The van der Waals surface area contributed by atoms with E-state index in [4.69, 9.17) is 17.3 Å². The van der Waals surface area contributed by atoms with Crippen LogP contribution in [-0.2, 0) is 22.7 Å². The molecule has 0 radical (unpaired) electrons. The van der Waals surface area contributed by atoms with Crippen molar-refractivity contribution in [3.63, 3.8) is 0 Å². The summed E-state index contributed by atoms with van der Waals surface area (Å²) in [5, 5.41) is 7.66. The summed E-state index contributed by atoms with van der Waals surface area (Å²) in [5.74, 6) is -1.27. The molecular formula is C29H27ClFN7O3. The van der Waals surface area contributed by atoms with Crippen molar-refractivity contribution in [3.8, 4) is 11.1 Å². The predicted octanol–water partition coefficient (Wildman–Crippen LogP) is 3.39. The summed E-state index contributed by atoms with van der Waals surface area (Å²) >= 11 is 5.87. The van der Waals surface area contributed by atoms with Gasteiger partial charge in [0.15, 0.2) is 5.69 Å². The van der Waals surface area contributed by atoms with Crippen molar-refractivity contribution in [2.45, 2.75) is 51.4 Å². The quantitative estimate of drug-likeness (QED) is 0.347. The van der Waals surface area contributed by atoms with E-state index in [1.54, 1.807) is 48.5 Å². The number of likely N-dealkylation sites (tertiary alicyclic amines) is 1. The van der Waals surface area contributed by atoms with Crippen LogP contribution in [0.5, 0.6) is 0 Å². The molecule has 12 heteroatoms. The Bertz CT molecular complexity index is 1690. The Kier molecular flexibility index (Phi) is 6.90. The number of carbonyl (C=O) groups excluding carboxylic acids is 3. The van der Waals surface area contributed by atoms with Gasteiger partial charge in [0.1, 0.15) is 24.2 Å². The second kappa shape index (κ2) is 10.5. The first-order chi connectivity index (χ1) is 19.7. The molecule has 41 heavy (non-hydrogen) atoms. The number of halogens is 2. The molecule has 1 aliphatic carbocycles. The number of fused-ring (bicyclic) bond motifs is 3. The lowest BCUT2D eigenvalue weighted by molar-refractivity contribution is -0.143. The maximum Gasteiger partial charge on any atom is 0.269 e. The van der Waals surface area contributed by atoms with Crippen molar-refractivity contribution < 1.29 is 18.8 Å². The van der Waals surface area contributed by atoms with Crippen LogP contribution in [0.1, 0.15) is 41.1 Å². The van der Waals surface area contributed by atoms with Crippen LogP contribution < -0.4 is 11.1 Å². The van der Waals surface area contributed by atoms with Crippen molar-refractivity contribution in [1.82, 2.24) is 30.0 Å². The Morgan fingerprint density at radius 1 is 1.12 bits per heavy atom. The van der Waals surface area contributed by atoms with Gasteiger partial charge in [-0.05, 0) is 55.9 Å². The third-order valence-corrected chi connectivity index (χ3v) is 8.30. The zero-order chi connectivity index (χ0) is 28.8. The van der Waals surface area contributed by atoms with Crippen molar-refractivity contribution >= 4 is 40.2 Å². The molecule has 3 heterocycles. The molecular weight excluding hydrogens is 549 g/mol. The third kappa shape index (κ3) is 4.90. The maximum absolute atomic E-state index is 14.4. The zero-order valence-electron chi connectivity index (χ0n) is 22.2. The van der Waals surface area contributed by atoms with Gasteiger partial charge >= 0.3 is 0 Å². The lowest BCUT2D eigenvalue weighted by Crippen LogP contribution is -2.53. The number of primary amides is 1. The Morgan fingerprint density at radius 2 is 1.90 bits per heavy atom. The summed E-state index contributed by atoms with van der Waals surface area (Å²) in [4.78, 5) is 49.4. The molecule has 1 saturated carbocycles. The highest BCUT2D eigenvalue weighted by molar-refractivity contribution is 6.30. The largest absolute Gasteiger partial charge is 0.364 e. The van der Waals surface area contributed by atoms with Crippen LogP contribution in [0.15, 0.2) is 48.8 Å². The van der Waals surface area contributed by atoms with E-state index >= 15 is 0 Å². The molecule has 1 aliphatic heterocycles. The van der Waals surface area contributed by atoms with Gasteiger partial charge in [0.2, 0.25) is 11.8 Å². The fraction of sp³-hybridized carbons (Fsp3) is 0.310. The van der Waals surface area contributed by atoms with E-state index in [-0.39, 0.29) is 53.1 Å². The van der Waals surface area contributed by atoms with Crippen molar-refractivity contribution in [2.24, 2.45) is 11.7 Å². The smallest absolute Gasteiger partial charge is 0.269 e. The number of nitrogens with two attached hydrogens (primary N) is 1. The van der Waals surface area contributed by atoms with Gasteiger partial charge in [0, 0.05) is 41.5 Å². The Balaban J connectivity index is 1.25. The molecule has 3 amide bonds. The average Bonchev–Trinajstić information content (AvgIpc) is 3.67. The number of nitrogens with one attached hydrogen (secondary N) is 1. The van der Waals surface area contributed by atoms with Gasteiger partial charge in [0.05, 0.1) is 10.5 Å². The number of nitrogens with zero attached hydrogens (tertiary/aromatic N) is 5. The maximum atomic E-state index is 14.4. The first-order valence-corrected chi connectivity index (χ1v) is 13.7. The van der Waals surface area contributed by atoms with Crippen LogP contribution >= 0.6 is 11.6 Å². The fourth-order valence-corrected chi connectivity index (χ4v) is 6.26. The summed E-state index contributed by atoms with van der Waals surface area (Å²) in [5.41, 5.74) is 8.05. The summed E-state index contributed by atoms with van der Waals surface area (Å²) in [7, 11) is 0. The molecule has 210 valence electrons. The molecule has 6 rings (SSSR count). The van der Waals surface area contributed by atoms with Crippen molar-refractivity contribution in [3.05, 3.63) is 76.7 Å². The predicted molar refractivity (Wildman–Crippen MR) is 149 cm³/mol. The van der Waals surface area contributed by atoms with Crippen LogP contribution in [0.25, 0.3) is 22.0 Å². The normalized spacial score (nSPS) is 19.6. The number of carbonyl (C=O) groups is 3. The summed E-state index contributed by atoms with van der Waals surface area (Å²) in [6, 6.07) is 9.27. The highest BCUT2D eigenvalue weighted by Crippen LogP contribution is 2.43. The first kappa shape index (κ1) is 26.8. The summed E-state index contributed by atoms with van der Waals surface area (Å²) < 4.78 is 15.8. The van der Waals surface area contributed by atoms with Crippen LogP contribution in [0.4, 0.5) is 4.39 Å². The van der Waals surface area contributed by atoms with Crippen LogP contribution in [0.2, 0.25) is 5.02 Å². The van der Waals surface area contributed by atoms with Gasteiger partial charge in [0.25, 0.3) is 5.91 Å². The number of hydrogen-bond donors (Lipinski definition) is 2. The monoisotopic (exact) mass is 575 g/mol. The average molecular weight is 576 g/mol. The van der Waals surface area contributed by atoms with Crippen molar-refractivity contribution in [2.75, 3.05) is 0 Å². The lowest BCUT2D eigenvalue weighted by Gasteiger charge is -2.34. The number of piperidine rings is 1. The van der Waals surface area contributed by atoms with Gasteiger partial charge in [-0.25, -0.2) is 14.4 Å². The molecule has 2 bridgehead atoms. The zero-order valence-corrected chi connectivity index (χ0v) is 22.9. The van der Waals surface area contributed by atoms with Crippen LogP contribution in [-0.4, -0.2) is 54.5 Å². The van der Waals surface area contributed by atoms with Gasteiger partial charge < -0.3 is 16.0 Å². The number of benzene rings is 2. The number of aryl methyl sites for hydroxylation is 1. The van der Waals surface area contributed by atoms with E-state index < -0.39 is 17.8 Å². The second-order valence-corrected chi connectivity index (χ2v) is 10.9. The van der Waals surface area contributed by atoms with E-state index in [1.807, 2.05) is 6.07 Å². The standard InChI is InChI=1S/C29H27ClFN7O3/c1-15-33-12-19(13-34-15)16-6-8-23-21(10-16)26(28(32)40)36-37(23)14-24(39)38-20-7-5-17(9-20)27(38)29(41)35-11-18-3-2-4-22(30)25(18)31/h2-4,6,8,10,12-13,17,20,27H,5,7,9,11,14H2,1H3,(H2,32,40)(H,35,41)/t17-,20+,27-/m0/s1. The van der Waals surface area contributed by atoms with E-state index in [9.17, 15) is 18.8 Å². The van der Waals surface area contributed by atoms with Gasteiger partial charge in [-0.15, -0.1) is 0 Å². The SMILES string of the molecule is Cc1ncc(-c2ccc3c(c2)c(C(N)=O)nn3CC(=O)N2[C@@H]3CC[C@@H](C3)[C@H]2C(=O)NCc2cccc(Cl)c2F)cn1. The molecule has 3 N–H and O–H groups in total. The topological polar surface area (TPSA) is 136 Å². The minimum Gasteiger partial charge on any atom is -0.364 e. The summed E-state index contributed by atoms with van der Waals surface area (Å²) in [6.07, 6.45) is 5.74. The van der Waals surface area contributed by atoms with Crippen LogP contribution in [0, 0.1) is 18.7 Å². The molecule has 2 fully saturated rings. The number of aromatic nitrogens is 4. The Labute approximate surface area is 239 Å². The number of amides is 3. The lowest BCUT2D eigenvalue weighted by atomic mass is 9.97. The molecule has 3 atom stereocenters. The van der Waals surface area contributed by atoms with Crippen LogP contribution in [0.3, 0.4) is 0 Å². The first-order valence-electron chi connectivity index (χ1n) is 13.3. The molecule has 2 aromatic carbocycles. The molecule has 2 aliphatic rings. The van der Waals surface area contributed by atoms with Crippen molar-refractivity contribution in [1.29, 1.82) is 0 Å². The molecule has 4 aromatic rings. The minimum absolute atomic E-state index is 0.0167. The Morgan fingerprint density at radius 3 is 2.66 bits per heavy atom. The van der Waals surface area contributed by atoms with Gasteiger partial charge in [-0.3, -0.25) is 19.1 Å². The minimum atomic E-state index is -0.718. The highest BCUT2D eigenvalue weighted by Gasteiger charge is 2.51. The Hall–Kier alpha value is -4.38. The number of hydrogen-bond acceptors (Lipinski definition) is 6. The molecule has 0 unspecified atom stereocenters. The number of rotatable bonds is 7. The fourth-order valence-electron chi connectivity index (χ4n) is 6.07. The second-order valence-electron chi connectivity index (χ2n) is 10.5.